The summed E-state index contributed by atoms with van der Waals surface area (Å²) in [7, 11) is 1.77. The molecule has 0 aliphatic rings. The molecule has 5 N–H and O–H groups in total. The lowest BCUT2D eigenvalue weighted by Crippen LogP contribution is -2.16. The highest BCUT2D eigenvalue weighted by atomic mass is 35.5. The van der Waals surface area contributed by atoms with Gasteiger partial charge in [0.25, 0.3) is 0 Å². The van der Waals surface area contributed by atoms with E-state index >= 15 is 0 Å². The fourth-order valence-electron chi connectivity index (χ4n) is 1.79. The van der Waals surface area contributed by atoms with Gasteiger partial charge in [-0.3, -0.25) is 4.79 Å². The molecule has 0 saturated carbocycles. The first-order valence-electron chi connectivity index (χ1n) is 7.10. The van der Waals surface area contributed by atoms with Crippen molar-refractivity contribution in [3.63, 3.8) is 0 Å². The summed E-state index contributed by atoms with van der Waals surface area (Å²) >= 11 is 0. The molecule has 0 unspecified atom stereocenters. The maximum absolute atomic E-state index is 10.5. The van der Waals surface area contributed by atoms with Crippen molar-refractivity contribution in [2.45, 2.75) is 13.0 Å². The van der Waals surface area contributed by atoms with Crippen LogP contribution in [-0.4, -0.2) is 34.8 Å². The minimum Gasteiger partial charge on any atom is -0.508 e. The first kappa shape index (κ1) is 21.7. The first-order chi connectivity index (χ1) is 10.9. The molecule has 7 heteroatoms. The Morgan fingerprint density at radius 3 is 2.21 bits per heavy atom. The Morgan fingerprint density at radius 1 is 1.08 bits per heavy atom. The van der Waals surface area contributed by atoms with Gasteiger partial charge in [0, 0.05) is 19.2 Å². The van der Waals surface area contributed by atoms with Gasteiger partial charge in [-0.05, 0) is 49.0 Å². The Labute approximate surface area is 147 Å². The highest BCUT2D eigenvalue weighted by Crippen LogP contribution is 2.17. The molecule has 0 aromatic heterocycles. The molecule has 2 aromatic carbocycles. The number of carbonyl (C=O) groups is 1. The molecule has 24 heavy (non-hydrogen) atoms. The summed E-state index contributed by atoms with van der Waals surface area (Å²) in [5.74, 6) is 0.262. The van der Waals surface area contributed by atoms with E-state index in [0.717, 1.165) is 5.56 Å². The van der Waals surface area contributed by atoms with Crippen molar-refractivity contribution < 1.29 is 20.1 Å². The van der Waals surface area contributed by atoms with E-state index in [-0.39, 0.29) is 29.8 Å². The number of likely N-dealkylation sites (N-methyl/N-ethyl adjacent to an activating group) is 1. The summed E-state index contributed by atoms with van der Waals surface area (Å²) in [5, 5.41) is 32.9. The van der Waals surface area contributed by atoms with Gasteiger partial charge in [0.15, 0.2) is 0 Å². The highest BCUT2D eigenvalue weighted by molar-refractivity contribution is 5.88. The van der Waals surface area contributed by atoms with Crippen molar-refractivity contribution in [3.8, 4) is 11.5 Å². The lowest BCUT2D eigenvalue weighted by Gasteiger charge is -2.09. The number of aliphatic hydroxyl groups is 1. The third-order valence-electron chi connectivity index (χ3n) is 2.84. The SMILES string of the molecule is CC(=O)Nc1ccc(O)cc1.CNC[C@H](O)c1cccc(O)c1.Cl. The zero-order valence-electron chi connectivity index (χ0n) is 13.6. The van der Waals surface area contributed by atoms with Gasteiger partial charge in [-0.25, -0.2) is 0 Å². The number of hydrogen-bond donors (Lipinski definition) is 5. The van der Waals surface area contributed by atoms with Crippen molar-refractivity contribution >= 4 is 24.0 Å². The number of phenolic OH excluding ortho intramolecular Hbond substituents is 2. The predicted molar refractivity (Wildman–Crippen MR) is 96.7 cm³/mol. The predicted octanol–water partition coefficient (Wildman–Crippen LogP) is 2.42. The molecule has 0 saturated heterocycles. The van der Waals surface area contributed by atoms with Crippen molar-refractivity contribution in [2.24, 2.45) is 0 Å². The highest BCUT2D eigenvalue weighted by Gasteiger charge is 2.05. The van der Waals surface area contributed by atoms with Gasteiger partial charge >= 0.3 is 0 Å². The monoisotopic (exact) mass is 354 g/mol. The zero-order valence-corrected chi connectivity index (χ0v) is 14.4. The van der Waals surface area contributed by atoms with Gasteiger partial charge in [-0.1, -0.05) is 12.1 Å². The third kappa shape index (κ3) is 8.38. The molecule has 0 fully saturated rings. The van der Waals surface area contributed by atoms with Gasteiger partial charge < -0.3 is 26.0 Å². The van der Waals surface area contributed by atoms with Crippen LogP contribution < -0.4 is 10.6 Å². The fraction of sp³-hybridized carbons (Fsp3) is 0.235. The summed E-state index contributed by atoms with van der Waals surface area (Å²) < 4.78 is 0. The Balaban J connectivity index is 0.000000425. The number of aromatic hydroxyl groups is 2. The Morgan fingerprint density at radius 2 is 1.71 bits per heavy atom. The van der Waals surface area contributed by atoms with E-state index in [1.807, 2.05) is 0 Å². The van der Waals surface area contributed by atoms with Crippen LogP contribution in [-0.2, 0) is 4.79 Å². The molecule has 6 nitrogen and oxygen atoms in total. The van der Waals surface area contributed by atoms with Crippen LogP contribution in [0.1, 0.15) is 18.6 Å². The normalized spacial score (nSPS) is 10.6. The molecule has 1 amide bonds. The Hall–Kier alpha value is -2.28. The van der Waals surface area contributed by atoms with Crippen molar-refractivity contribution in [3.05, 3.63) is 54.1 Å². The van der Waals surface area contributed by atoms with Crippen LogP contribution >= 0.6 is 12.4 Å². The largest absolute Gasteiger partial charge is 0.508 e. The Bertz CT molecular complexity index is 620. The van der Waals surface area contributed by atoms with E-state index in [1.54, 1.807) is 43.4 Å². The molecule has 2 aromatic rings. The van der Waals surface area contributed by atoms with Crippen molar-refractivity contribution in [1.29, 1.82) is 0 Å². The number of aliphatic hydroxyl groups excluding tert-OH is 1. The average Bonchev–Trinajstić information content (AvgIpc) is 2.50. The molecule has 0 aliphatic carbocycles. The second-order valence-electron chi connectivity index (χ2n) is 4.90. The van der Waals surface area contributed by atoms with Crippen molar-refractivity contribution in [1.82, 2.24) is 5.32 Å². The molecule has 0 aliphatic heterocycles. The second-order valence-corrected chi connectivity index (χ2v) is 4.90. The minimum atomic E-state index is -0.554. The quantitative estimate of drug-likeness (QED) is 0.543. The Kier molecular flexibility index (Phi) is 10.2. The number of anilines is 1. The number of rotatable bonds is 4. The van der Waals surface area contributed by atoms with E-state index in [1.165, 1.54) is 19.1 Å². The van der Waals surface area contributed by atoms with E-state index < -0.39 is 6.10 Å². The van der Waals surface area contributed by atoms with Crippen LogP contribution in [0, 0.1) is 0 Å². The molecule has 0 heterocycles. The smallest absolute Gasteiger partial charge is 0.221 e. The molecule has 0 spiro atoms. The molecular weight excluding hydrogens is 332 g/mol. The number of amides is 1. The summed E-state index contributed by atoms with van der Waals surface area (Å²) in [5.41, 5.74) is 1.42. The summed E-state index contributed by atoms with van der Waals surface area (Å²) in [6.07, 6.45) is -0.554. The number of hydrogen-bond acceptors (Lipinski definition) is 5. The maximum Gasteiger partial charge on any atom is 0.221 e. The number of benzene rings is 2. The summed E-state index contributed by atoms with van der Waals surface area (Å²) in [6, 6.07) is 12.9. The fourth-order valence-corrected chi connectivity index (χ4v) is 1.79. The van der Waals surface area contributed by atoms with Crippen molar-refractivity contribution in [2.75, 3.05) is 18.9 Å². The van der Waals surface area contributed by atoms with Crippen LogP contribution in [0.25, 0.3) is 0 Å². The van der Waals surface area contributed by atoms with Crippen LogP contribution in [0.15, 0.2) is 48.5 Å². The van der Waals surface area contributed by atoms with Gasteiger partial charge in [0.2, 0.25) is 5.91 Å². The topological polar surface area (TPSA) is 102 Å². The van der Waals surface area contributed by atoms with Crippen LogP contribution in [0.4, 0.5) is 5.69 Å². The third-order valence-corrected chi connectivity index (χ3v) is 2.84. The molecule has 0 bridgehead atoms. The first-order valence-corrected chi connectivity index (χ1v) is 7.10. The minimum absolute atomic E-state index is 0. The standard InChI is InChI=1S/C9H13NO2.C8H9NO2.ClH/c1-10-6-9(12)7-3-2-4-8(11)5-7;1-6(10)9-7-2-4-8(11)5-3-7;/h2-5,9-12H,6H2,1H3;2-5,11H,1H3,(H,9,10);1H/t9-;;/m0../s1. The van der Waals surface area contributed by atoms with E-state index in [9.17, 15) is 9.90 Å². The molecule has 2 rings (SSSR count). The number of phenols is 2. The number of nitrogens with one attached hydrogen (secondary N) is 2. The number of halogens is 1. The van der Waals surface area contributed by atoms with E-state index in [2.05, 4.69) is 10.6 Å². The van der Waals surface area contributed by atoms with Gasteiger partial charge in [-0.2, -0.15) is 0 Å². The maximum atomic E-state index is 10.5. The summed E-state index contributed by atoms with van der Waals surface area (Å²) in [6.45, 7) is 1.93. The van der Waals surface area contributed by atoms with E-state index in [4.69, 9.17) is 10.2 Å². The molecule has 1 atom stereocenters. The summed E-state index contributed by atoms with van der Waals surface area (Å²) in [4.78, 5) is 10.5. The zero-order chi connectivity index (χ0) is 17.2. The lowest BCUT2D eigenvalue weighted by atomic mass is 10.1. The van der Waals surface area contributed by atoms with Gasteiger partial charge in [0.1, 0.15) is 11.5 Å². The van der Waals surface area contributed by atoms with Crippen LogP contribution in [0.3, 0.4) is 0 Å². The van der Waals surface area contributed by atoms with Gasteiger partial charge in [0.05, 0.1) is 6.10 Å². The van der Waals surface area contributed by atoms with E-state index in [0.29, 0.717) is 12.2 Å². The van der Waals surface area contributed by atoms with Crippen LogP contribution in [0.5, 0.6) is 11.5 Å². The molecule has 132 valence electrons. The molecular formula is C17H23ClN2O4. The molecule has 0 radical (unpaired) electrons. The van der Waals surface area contributed by atoms with Crippen LogP contribution in [0.2, 0.25) is 0 Å². The number of carbonyl (C=O) groups excluding carboxylic acids is 1. The van der Waals surface area contributed by atoms with Gasteiger partial charge in [-0.15, -0.1) is 12.4 Å². The average molecular weight is 355 g/mol. The lowest BCUT2D eigenvalue weighted by molar-refractivity contribution is -0.114. The second kappa shape index (κ2) is 11.3.